The van der Waals surface area contributed by atoms with E-state index in [1.165, 1.54) is 12.4 Å². The minimum Gasteiger partial charge on any atom is -0.493 e. The van der Waals surface area contributed by atoms with Gasteiger partial charge in [-0.1, -0.05) is 29.8 Å². The summed E-state index contributed by atoms with van der Waals surface area (Å²) in [5.74, 6) is 1.95. The maximum absolute atomic E-state index is 13.4. The molecule has 0 atom stereocenters. The average Bonchev–Trinajstić information content (AvgIpc) is 2.98. The van der Waals surface area contributed by atoms with Gasteiger partial charge in [0.2, 0.25) is 0 Å². The summed E-state index contributed by atoms with van der Waals surface area (Å²) in [5, 5.41) is 0.722. The number of benzene rings is 2. The number of rotatable bonds is 9. The number of carbonyl (C=O) groups is 1. The molecule has 0 saturated carbocycles. The van der Waals surface area contributed by atoms with Crippen LogP contribution in [0.2, 0.25) is 0 Å². The molecule has 0 spiro atoms. The van der Waals surface area contributed by atoms with Crippen LogP contribution in [0.25, 0.3) is 22.0 Å². The van der Waals surface area contributed by atoms with E-state index in [1.54, 1.807) is 51.0 Å². The summed E-state index contributed by atoms with van der Waals surface area (Å²) in [6.45, 7) is 5.98. The van der Waals surface area contributed by atoms with E-state index in [2.05, 4.69) is 15.0 Å². The van der Waals surface area contributed by atoms with Crippen molar-refractivity contribution >= 4 is 16.7 Å². The lowest BCUT2D eigenvalue weighted by molar-refractivity contribution is 0.0989. The third kappa shape index (κ3) is 5.79. The van der Waals surface area contributed by atoms with Gasteiger partial charge in [-0.25, -0.2) is 9.97 Å². The number of aromatic nitrogens is 4. The van der Waals surface area contributed by atoms with Crippen molar-refractivity contribution in [2.75, 3.05) is 14.2 Å². The van der Waals surface area contributed by atoms with Crippen LogP contribution in [0.5, 0.6) is 23.0 Å². The fourth-order valence-electron chi connectivity index (χ4n) is 4.42. The number of ketones is 1. The van der Waals surface area contributed by atoms with E-state index in [0.717, 1.165) is 16.5 Å². The van der Waals surface area contributed by atoms with Gasteiger partial charge < -0.3 is 18.8 Å². The Balaban J connectivity index is 1.39. The fraction of sp³-hybridized carbons (Fsp3) is 0.219. The molecule has 5 aromatic rings. The molecule has 41 heavy (non-hydrogen) atoms. The normalized spacial score (nSPS) is 11.1. The first-order valence-corrected chi connectivity index (χ1v) is 13.1. The molecule has 0 amide bonds. The van der Waals surface area contributed by atoms with Crippen molar-refractivity contribution in [2.24, 2.45) is 0 Å². The van der Waals surface area contributed by atoms with E-state index >= 15 is 0 Å². The number of hydrogen-bond acceptors (Lipinski definition) is 8. The molecule has 3 heterocycles. The molecule has 0 aliphatic rings. The number of carbonyl (C=O) groups excluding carboxylic acids is 1. The maximum Gasteiger partial charge on any atom is 0.200 e. The maximum atomic E-state index is 13.4. The summed E-state index contributed by atoms with van der Waals surface area (Å²) in [6.07, 6.45) is 7.91. The minimum absolute atomic E-state index is 0.0596. The van der Waals surface area contributed by atoms with Crippen molar-refractivity contribution in [2.45, 2.75) is 33.2 Å². The van der Waals surface area contributed by atoms with Crippen LogP contribution in [0.1, 0.15) is 41.6 Å². The summed E-state index contributed by atoms with van der Waals surface area (Å²) >= 11 is 0. The minimum atomic E-state index is -0.354. The first kappa shape index (κ1) is 27.5. The first-order valence-electron chi connectivity index (χ1n) is 13.1. The number of hydrogen-bond donors (Lipinski definition) is 0. The number of methoxy groups -OCH3 is 2. The highest BCUT2D eigenvalue weighted by Crippen LogP contribution is 2.36. The molecule has 5 rings (SSSR count). The van der Waals surface area contributed by atoms with Crippen LogP contribution >= 0.6 is 0 Å². The predicted molar refractivity (Wildman–Crippen MR) is 156 cm³/mol. The number of aryl methyl sites for hydroxylation is 1. The van der Waals surface area contributed by atoms with Crippen LogP contribution in [0.3, 0.4) is 0 Å². The molecule has 9 heteroatoms. The Kier molecular flexibility index (Phi) is 7.78. The Labute approximate surface area is 237 Å². The van der Waals surface area contributed by atoms with Gasteiger partial charge >= 0.3 is 0 Å². The third-order valence-electron chi connectivity index (χ3n) is 6.74. The summed E-state index contributed by atoms with van der Waals surface area (Å²) in [6, 6.07) is 13.0. The predicted octanol–water partition coefficient (Wildman–Crippen LogP) is 5.98. The average molecular weight is 551 g/mol. The Morgan fingerprint density at radius 2 is 1.59 bits per heavy atom. The number of nitrogens with zero attached hydrogens (tertiary/aromatic N) is 4. The highest BCUT2D eigenvalue weighted by atomic mass is 16.5. The molecule has 0 radical (unpaired) electrons. The summed E-state index contributed by atoms with van der Waals surface area (Å²) in [5.41, 5.74) is 2.80. The van der Waals surface area contributed by atoms with Crippen molar-refractivity contribution in [1.82, 2.24) is 19.5 Å². The lowest BCUT2D eigenvalue weighted by atomic mass is 10.0. The molecule has 0 unspecified atom stereocenters. The van der Waals surface area contributed by atoms with Crippen molar-refractivity contribution in [3.63, 3.8) is 0 Å². The highest BCUT2D eigenvalue weighted by Gasteiger charge is 2.19. The van der Waals surface area contributed by atoms with Crippen molar-refractivity contribution < 1.29 is 19.0 Å². The molecule has 0 N–H and O–H groups in total. The highest BCUT2D eigenvalue weighted by molar-refractivity contribution is 5.97. The molecule has 9 nitrogen and oxygen atoms in total. The smallest absolute Gasteiger partial charge is 0.200 e. The van der Waals surface area contributed by atoms with Gasteiger partial charge in [0.05, 0.1) is 44.1 Å². The Morgan fingerprint density at radius 3 is 2.24 bits per heavy atom. The van der Waals surface area contributed by atoms with Gasteiger partial charge in [-0.05, 0) is 38.5 Å². The van der Waals surface area contributed by atoms with E-state index < -0.39 is 0 Å². The summed E-state index contributed by atoms with van der Waals surface area (Å²) in [7, 11) is 3.12. The Hall–Kier alpha value is -5.05. The monoisotopic (exact) mass is 550 g/mol. The van der Waals surface area contributed by atoms with Crippen LogP contribution in [0.4, 0.5) is 0 Å². The molecule has 0 saturated heterocycles. The quantitative estimate of drug-likeness (QED) is 0.207. The van der Waals surface area contributed by atoms with E-state index in [0.29, 0.717) is 34.1 Å². The van der Waals surface area contributed by atoms with E-state index in [-0.39, 0.29) is 35.1 Å². The zero-order valence-corrected chi connectivity index (χ0v) is 23.5. The number of Topliss-reactive ketones (excluding diaryl/α,β-unsaturated/α-hetero) is 1. The van der Waals surface area contributed by atoms with E-state index in [4.69, 9.17) is 14.2 Å². The van der Waals surface area contributed by atoms with E-state index in [9.17, 15) is 9.59 Å². The number of fused-ring (bicyclic) bond motifs is 1. The molecular weight excluding hydrogens is 520 g/mol. The van der Waals surface area contributed by atoms with Crippen molar-refractivity contribution in [3.05, 3.63) is 101 Å². The second-order valence-corrected chi connectivity index (χ2v) is 9.89. The third-order valence-corrected chi connectivity index (χ3v) is 6.74. The topological polar surface area (TPSA) is 105 Å². The van der Waals surface area contributed by atoms with Gasteiger partial charge in [0, 0.05) is 41.6 Å². The number of ether oxygens (including phenoxy) is 3. The fourth-order valence-corrected chi connectivity index (χ4v) is 4.42. The summed E-state index contributed by atoms with van der Waals surface area (Å²) < 4.78 is 18.7. The molecule has 2 aromatic carbocycles. The first-order chi connectivity index (χ1) is 19.8. The van der Waals surface area contributed by atoms with Crippen molar-refractivity contribution in [3.8, 4) is 34.1 Å². The molecule has 208 valence electrons. The van der Waals surface area contributed by atoms with Gasteiger partial charge in [-0.3, -0.25) is 14.6 Å². The van der Waals surface area contributed by atoms with Gasteiger partial charge in [-0.15, -0.1) is 0 Å². The van der Waals surface area contributed by atoms with Gasteiger partial charge in [0.25, 0.3) is 0 Å². The van der Waals surface area contributed by atoms with Crippen LogP contribution in [-0.2, 0) is 6.42 Å². The molecule has 3 aromatic heterocycles. The lowest BCUT2D eigenvalue weighted by Crippen LogP contribution is -2.22. The van der Waals surface area contributed by atoms with Gasteiger partial charge in [-0.2, -0.15) is 0 Å². The Bertz CT molecular complexity index is 1780. The lowest BCUT2D eigenvalue weighted by Gasteiger charge is -2.15. The van der Waals surface area contributed by atoms with Gasteiger partial charge in [0.15, 0.2) is 28.5 Å². The molecule has 0 aliphatic heterocycles. The second kappa shape index (κ2) is 11.6. The zero-order chi connectivity index (χ0) is 29.1. The second-order valence-electron chi connectivity index (χ2n) is 9.89. The summed E-state index contributed by atoms with van der Waals surface area (Å²) in [4.78, 5) is 39.8. The van der Waals surface area contributed by atoms with Crippen molar-refractivity contribution in [1.29, 1.82) is 0 Å². The SMILES string of the molecule is COc1cc2nccc(Oc3cnc(CC(=O)c4cn(C(C)C)cc(-c5ccc(C)cc5)c4=O)nc3)c2cc1OC. The largest absolute Gasteiger partial charge is 0.493 e. The van der Waals surface area contributed by atoms with Crippen LogP contribution in [0.15, 0.2) is 78.2 Å². The molecule has 0 aliphatic carbocycles. The molecule has 0 bridgehead atoms. The van der Waals surface area contributed by atoms with Crippen LogP contribution in [0, 0.1) is 6.92 Å². The Morgan fingerprint density at radius 1 is 0.902 bits per heavy atom. The van der Waals surface area contributed by atoms with Crippen LogP contribution < -0.4 is 19.6 Å². The van der Waals surface area contributed by atoms with Gasteiger partial charge in [0.1, 0.15) is 11.6 Å². The van der Waals surface area contributed by atoms with Crippen LogP contribution in [-0.4, -0.2) is 39.5 Å². The zero-order valence-electron chi connectivity index (χ0n) is 23.5. The molecular formula is C32H30N4O5. The molecule has 0 fully saturated rings. The number of pyridine rings is 2. The van der Waals surface area contributed by atoms with E-state index in [1.807, 2.05) is 49.6 Å². The standard InChI is InChI=1S/C32H30N4O5/c1-19(2)36-17-24(21-8-6-20(3)7-9-21)32(38)25(18-36)27(37)14-31-34-15-22(16-35-31)41-28-10-11-33-26-13-30(40-5)29(39-4)12-23(26)28/h6-13,15-19H,14H2,1-5H3.